The molecule has 0 spiro atoms. The lowest BCUT2D eigenvalue weighted by Gasteiger charge is -2.06. The lowest BCUT2D eigenvalue weighted by atomic mass is 10.1. The second-order valence-corrected chi connectivity index (χ2v) is 3.58. The molecule has 0 aromatic heterocycles. The number of methoxy groups -OCH3 is 1. The third-order valence-electron chi connectivity index (χ3n) is 1.75. The summed E-state index contributed by atoms with van der Waals surface area (Å²) >= 11 is 3.37. The highest BCUT2D eigenvalue weighted by atomic mass is 79.9. The van der Waals surface area contributed by atoms with Crippen LogP contribution in [0.25, 0.3) is 0 Å². The van der Waals surface area contributed by atoms with Gasteiger partial charge in [-0.05, 0) is 23.8 Å². The van der Waals surface area contributed by atoms with E-state index in [2.05, 4.69) is 21.1 Å². The van der Waals surface area contributed by atoms with Gasteiger partial charge in [-0.15, -0.1) is 0 Å². The Hall–Kier alpha value is -1.23. The Bertz CT molecular complexity index is 353. The van der Waals surface area contributed by atoms with Gasteiger partial charge in [-0.2, -0.15) is 0 Å². The van der Waals surface area contributed by atoms with Gasteiger partial charge in [0, 0.05) is 10.9 Å². The van der Waals surface area contributed by atoms with E-state index in [1.165, 1.54) is 0 Å². The van der Waals surface area contributed by atoms with Gasteiger partial charge in [0.05, 0.1) is 7.11 Å². The number of ether oxygens (including phenoxy) is 1. The second-order valence-electron chi connectivity index (χ2n) is 2.73. The summed E-state index contributed by atoms with van der Waals surface area (Å²) in [6, 6.07) is 5.53. The monoisotopic (exact) mass is 258 g/mol. The highest BCUT2D eigenvalue weighted by Gasteiger charge is 2.04. The fourth-order valence-corrected chi connectivity index (χ4v) is 1.43. The van der Waals surface area contributed by atoms with Crippen LogP contribution in [0.5, 0.6) is 5.75 Å². The number of oxime groups is 1. The molecule has 0 amide bonds. The minimum atomic E-state index is 0.166. The van der Waals surface area contributed by atoms with Gasteiger partial charge in [0.1, 0.15) is 11.6 Å². The Kier molecular flexibility index (Phi) is 3.76. The predicted octanol–water partition coefficient (Wildman–Crippen LogP) is 1.75. The summed E-state index contributed by atoms with van der Waals surface area (Å²) in [6.07, 6.45) is 0.383. The van der Waals surface area contributed by atoms with Crippen molar-refractivity contribution in [2.24, 2.45) is 10.9 Å². The van der Waals surface area contributed by atoms with E-state index in [1.54, 1.807) is 7.11 Å². The molecular weight excluding hydrogens is 248 g/mol. The zero-order valence-electron chi connectivity index (χ0n) is 7.70. The van der Waals surface area contributed by atoms with Gasteiger partial charge in [-0.1, -0.05) is 21.1 Å². The molecule has 0 aliphatic rings. The molecule has 1 aromatic rings. The van der Waals surface area contributed by atoms with Crippen LogP contribution in [-0.4, -0.2) is 18.2 Å². The molecule has 1 rings (SSSR count). The molecule has 4 nitrogen and oxygen atoms in total. The van der Waals surface area contributed by atoms with Gasteiger partial charge in [-0.25, -0.2) is 0 Å². The van der Waals surface area contributed by atoms with Crippen LogP contribution in [-0.2, 0) is 6.42 Å². The molecule has 76 valence electrons. The maximum Gasteiger partial charge on any atom is 0.143 e. The number of amidine groups is 1. The van der Waals surface area contributed by atoms with Gasteiger partial charge in [-0.3, -0.25) is 0 Å². The zero-order chi connectivity index (χ0) is 10.6. The van der Waals surface area contributed by atoms with Crippen molar-refractivity contribution in [2.45, 2.75) is 6.42 Å². The van der Waals surface area contributed by atoms with Crippen molar-refractivity contribution in [1.82, 2.24) is 0 Å². The summed E-state index contributed by atoms with van der Waals surface area (Å²) < 4.78 is 5.97. The van der Waals surface area contributed by atoms with E-state index < -0.39 is 0 Å². The Morgan fingerprint density at radius 1 is 1.64 bits per heavy atom. The number of hydrogen-bond donors (Lipinski definition) is 2. The fraction of sp³-hybridized carbons (Fsp3) is 0.222. The van der Waals surface area contributed by atoms with Crippen LogP contribution in [0.3, 0.4) is 0 Å². The first kappa shape index (κ1) is 10.8. The van der Waals surface area contributed by atoms with Crippen LogP contribution in [0, 0.1) is 0 Å². The Labute approximate surface area is 90.5 Å². The predicted molar refractivity (Wildman–Crippen MR) is 57.8 cm³/mol. The lowest BCUT2D eigenvalue weighted by molar-refractivity contribution is 0.317. The molecular formula is C9H11BrN2O2. The molecule has 0 aliphatic carbocycles. The van der Waals surface area contributed by atoms with E-state index >= 15 is 0 Å². The molecule has 0 atom stereocenters. The lowest BCUT2D eigenvalue weighted by Crippen LogP contribution is -2.14. The summed E-state index contributed by atoms with van der Waals surface area (Å²) in [7, 11) is 1.59. The zero-order valence-corrected chi connectivity index (χ0v) is 9.28. The number of nitrogens with zero attached hydrogens (tertiary/aromatic N) is 1. The van der Waals surface area contributed by atoms with Crippen LogP contribution in [0.15, 0.2) is 27.8 Å². The first-order valence-corrected chi connectivity index (χ1v) is 4.75. The summed E-state index contributed by atoms with van der Waals surface area (Å²) in [5.41, 5.74) is 6.32. The maximum atomic E-state index is 8.43. The van der Waals surface area contributed by atoms with E-state index in [-0.39, 0.29) is 5.84 Å². The van der Waals surface area contributed by atoms with Crippen molar-refractivity contribution < 1.29 is 9.94 Å². The maximum absolute atomic E-state index is 8.43. The van der Waals surface area contributed by atoms with Crippen molar-refractivity contribution in [3.05, 3.63) is 28.2 Å². The average molecular weight is 259 g/mol. The van der Waals surface area contributed by atoms with E-state index in [9.17, 15) is 0 Å². The highest BCUT2D eigenvalue weighted by molar-refractivity contribution is 9.10. The van der Waals surface area contributed by atoms with Gasteiger partial charge in [0.2, 0.25) is 0 Å². The number of rotatable bonds is 3. The van der Waals surface area contributed by atoms with Crippen LogP contribution in [0.1, 0.15) is 5.56 Å². The van der Waals surface area contributed by atoms with Crippen LogP contribution >= 0.6 is 15.9 Å². The standard InChI is InChI=1S/C9H11BrN2O2/c1-14-7-2-3-8(10)6(4-7)5-9(11)12-13/h2-4,13H,5H2,1H3,(H2,11,12). The molecule has 1 aromatic carbocycles. The van der Waals surface area contributed by atoms with Crippen LogP contribution in [0.4, 0.5) is 0 Å². The van der Waals surface area contributed by atoms with Crippen molar-refractivity contribution in [1.29, 1.82) is 0 Å². The van der Waals surface area contributed by atoms with Crippen molar-refractivity contribution in [3.8, 4) is 5.75 Å². The first-order chi connectivity index (χ1) is 6.67. The Morgan fingerprint density at radius 2 is 2.36 bits per heavy atom. The van der Waals surface area contributed by atoms with E-state index in [1.807, 2.05) is 18.2 Å². The molecule has 0 unspecified atom stereocenters. The second kappa shape index (κ2) is 4.85. The first-order valence-electron chi connectivity index (χ1n) is 3.96. The average Bonchev–Trinajstić information content (AvgIpc) is 2.21. The highest BCUT2D eigenvalue weighted by Crippen LogP contribution is 2.22. The molecule has 0 saturated heterocycles. The van der Waals surface area contributed by atoms with E-state index in [0.29, 0.717) is 6.42 Å². The molecule has 14 heavy (non-hydrogen) atoms. The molecule has 3 N–H and O–H groups in total. The van der Waals surface area contributed by atoms with Crippen molar-refractivity contribution in [2.75, 3.05) is 7.11 Å². The normalized spacial score (nSPS) is 11.4. The van der Waals surface area contributed by atoms with Crippen molar-refractivity contribution in [3.63, 3.8) is 0 Å². The van der Waals surface area contributed by atoms with Gasteiger partial charge in [0.15, 0.2) is 0 Å². The molecule has 0 fully saturated rings. The van der Waals surface area contributed by atoms with E-state index in [4.69, 9.17) is 15.7 Å². The Morgan fingerprint density at radius 3 is 2.93 bits per heavy atom. The minimum Gasteiger partial charge on any atom is -0.497 e. The largest absolute Gasteiger partial charge is 0.497 e. The minimum absolute atomic E-state index is 0.166. The SMILES string of the molecule is COc1ccc(Br)c(C/C(N)=N/O)c1. The number of halogens is 1. The number of benzene rings is 1. The molecule has 0 aliphatic heterocycles. The molecule has 0 bridgehead atoms. The fourth-order valence-electron chi connectivity index (χ4n) is 1.04. The van der Waals surface area contributed by atoms with Crippen LogP contribution in [0.2, 0.25) is 0 Å². The van der Waals surface area contributed by atoms with E-state index in [0.717, 1.165) is 15.8 Å². The third kappa shape index (κ3) is 2.63. The summed E-state index contributed by atoms with van der Waals surface area (Å²) in [4.78, 5) is 0. The molecule has 0 saturated carbocycles. The molecule has 0 heterocycles. The van der Waals surface area contributed by atoms with Gasteiger partial charge >= 0.3 is 0 Å². The molecule has 0 radical (unpaired) electrons. The summed E-state index contributed by atoms with van der Waals surface area (Å²) in [5.74, 6) is 0.910. The molecule has 5 heteroatoms. The third-order valence-corrected chi connectivity index (χ3v) is 2.53. The van der Waals surface area contributed by atoms with Gasteiger partial charge < -0.3 is 15.7 Å². The quantitative estimate of drug-likeness (QED) is 0.376. The van der Waals surface area contributed by atoms with Crippen molar-refractivity contribution >= 4 is 21.8 Å². The number of hydrogen-bond acceptors (Lipinski definition) is 3. The smallest absolute Gasteiger partial charge is 0.143 e. The van der Waals surface area contributed by atoms with Gasteiger partial charge in [0.25, 0.3) is 0 Å². The number of nitrogens with two attached hydrogens (primary N) is 1. The Balaban J connectivity index is 2.95. The summed E-state index contributed by atoms with van der Waals surface area (Å²) in [6.45, 7) is 0. The topological polar surface area (TPSA) is 67.8 Å². The van der Waals surface area contributed by atoms with Crippen LogP contribution < -0.4 is 10.5 Å². The summed E-state index contributed by atoms with van der Waals surface area (Å²) in [5, 5.41) is 11.3.